The number of carbonyl (C=O) groups excluding carboxylic acids is 1. The minimum Gasteiger partial charge on any atom is -0.352 e. The highest BCUT2D eigenvalue weighted by molar-refractivity contribution is 7.89. The highest BCUT2D eigenvalue weighted by Crippen LogP contribution is 2.16. The second kappa shape index (κ2) is 8.68. The first kappa shape index (κ1) is 19.7. The van der Waals surface area contributed by atoms with Gasteiger partial charge in [-0.2, -0.15) is 0 Å². The number of sulfonamides is 1. The van der Waals surface area contributed by atoms with Crippen molar-refractivity contribution in [1.82, 2.24) is 10.0 Å². The predicted molar refractivity (Wildman–Crippen MR) is 94.2 cm³/mol. The van der Waals surface area contributed by atoms with Gasteiger partial charge in [0.05, 0.1) is 0 Å². The van der Waals surface area contributed by atoms with Gasteiger partial charge < -0.3 is 5.32 Å². The summed E-state index contributed by atoms with van der Waals surface area (Å²) < 4.78 is 53.2. The molecule has 0 saturated heterocycles. The molecule has 5 nitrogen and oxygen atoms in total. The molecule has 0 unspecified atom stereocenters. The third kappa shape index (κ3) is 5.21. The largest absolute Gasteiger partial charge is 0.352 e. The molecular weight excluding hydrogens is 362 g/mol. The molecule has 2 aromatic carbocycles. The lowest BCUT2D eigenvalue weighted by Crippen LogP contribution is -2.27. The van der Waals surface area contributed by atoms with Crippen LogP contribution in [0.15, 0.2) is 60.0 Å². The molecule has 2 aromatic rings. The van der Waals surface area contributed by atoms with E-state index in [9.17, 15) is 22.0 Å². The zero-order valence-corrected chi connectivity index (χ0v) is 14.7. The van der Waals surface area contributed by atoms with Crippen LogP contribution < -0.4 is 10.0 Å². The molecule has 1 amide bonds. The number of amides is 1. The number of carbonyl (C=O) groups is 1. The zero-order valence-electron chi connectivity index (χ0n) is 13.8. The molecule has 0 aliphatic carbocycles. The van der Waals surface area contributed by atoms with Gasteiger partial charge in [0.1, 0.15) is 16.5 Å². The van der Waals surface area contributed by atoms with Crippen LogP contribution in [0.3, 0.4) is 0 Å². The van der Waals surface area contributed by atoms with E-state index in [-0.39, 0.29) is 24.5 Å². The quantitative estimate of drug-likeness (QED) is 0.691. The van der Waals surface area contributed by atoms with E-state index in [1.165, 1.54) is 24.3 Å². The Morgan fingerprint density at radius 2 is 1.92 bits per heavy atom. The van der Waals surface area contributed by atoms with Crippen LogP contribution in [0, 0.1) is 11.6 Å². The maximum Gasteiger partial charge on any atom is 0.251 e. The van der Waals surface area contributed by atoms with Crippen molar-refractivity contribution in [3.8, 4) is 0 Å². The van der Waals surface area contributed by atoms with E-state index in [0.29, 0.717) is 12.0 Å². The standard InChI is InChI=1S/C18H18F2N2O3S/c1-2-9-22-26(24,25)17-12-14(6-7-16(17)20)18(23)21-10-8-13-4-3-5-15(19)11-13/h2-7,11-12,22H,1,8-10H2,(H,21,23). The van der Waals surface area contributed by atoms with E-state index < -0.39 is 26.6 Å². The van der Waals surface area contributed by atoms with E-state index in [4.69, 9.17) is 0 Å². The summed E-state index contributed by atoms with van der Waals surface area (Å²) in [6, 6.07) is 9.06. The van der Waals surface area contributed by atoms with Crippen LogP contribution in [-0.2, 0) is 16.4 Å². The molecule has 8 heteroatoms. The Morgan fingerprint density at radius 3 is 2.62 bits per heavy atom. The predicted octanol–water partition coefficient (Wildman–Crippen LogP) is 2.40. The SMILES string of the molecule is C=CCNS(=O)(=O)c1cc(C(=O)NCCc2cccc(F)c2)ccc1F. The first-order chi connectivity index (χ1) is 12.3. The number of halogens is 2. The van der Waals surface area contributed by atoms with Crippen LogP contribution >= 0.6 is 0 Å². The van der Waals surface area contributed by atoms with E-state index >= 15 is 0 Å². The van der Waals surface area contributed by atoms with Gasteiger partial charge in [0.25, 0.3) is 5.91 Å². The smallest absolute Gasteiger partial charge is 0.251 e. The number of nitrogens with one attached hydrogen (secondary N) is 2. The topological polar surface area (TPSA) is 75.3 Å². The Hall–Kier alpha value is -2.58. The van der Waals surface area contributed by atoms with Crippen molar-refractivity contribution >= 4 is 15.9 Å². The van der Waals surface area contributed by atoms with Crippen molar-refractivity contribution in [2.75, 3.05) is 13.1 Å². The van der Waals surface area contributed by atoms with Crippen molar-refractivity contribution in [2.24, 2.45) is 0 Å². The Morgan fingerprint density at radius 1 is 1.15 bits per heavy atom. The van der Waals surface area contributed by atoms with Gasteiger partial charge >= 0.3 is 0 Å². The molecule has 138 valence electrons. The molecule has 0 aromatic heterocycles. The van der Waals surface area contributed by atoms with Crippen molar-refractivity contribution in [2.45, 2.75) is 11.3 Å². The lowest BCUT2D eigenvalue weighted by atomic mass is 10.1. The maximum atomic E-state index is 13.9. The average molecular weight is 380 g/mol. The second-order valence-electron chi connectivity index (χ2n) is 5.42. The summed E-state index contributed by atoms with van der Waals surface area (Å²) in [5.74, 6) is -1.88. The number of hydrogen-bond acceptors (Lipinski definition) is 3. The average Bonchev–Trinajstić information content (AvgIpc) is 2.60. The number of benzene rings is 2. The lowest BCUT2D eigenvalue weighted by Gasteiger charge is -2.09. The first-order valence-corrected chi connectivity index (χ1v) is 9.24. The summed E-state index contributed by atoms with van der Waals surface area (Å²) in [4.78, 5) is 11.6. The third-order valence-corrected chi connectivity index (χ3v) is 4.93. The summed E-state index contributed by atoms with van der Waals surface area (Å²) in [6.45, 7) is 3.54. The van der Waals surface area contributed by atoms with Gasteiger partial charge in [0, 0.05) is 18.7 Å². The van der Waals surface area contributed by atoms with Gasteiger partial charge in [-0.05, 0) is 42.3 Å². The lowest BCUT2D eigenvalue weighted by molar-refractivity contribution is 0.0954. The van der Waals surface area contributed by atoms with Crippen LogP contribution in [0.2, 0.25) is 0 Å². The molecular formula is C18H18F2N2O3S. The van der Waals surface area contributed by atoms with E-state index in [0.717, 1.165) is 12.1 Å². The number of rotatable bonds is 8. The van der Waals surface area contributed by atoms with Crippen molar-refractivity contribution in [3.05, 3.63) is 77.9 Å². The zero-order chi connectivity index (χ0) is 19.2. The Kier molecular flexibility index (Phi) is 6.59. The van der Waals surface area contributed by atoms with Gasteiger partial charge in [-0.1, -0.05) is 18.2 Å². The second-order valence-corrected chi connectivity index (χ2v) is 7.16. The summed E-state index contributed by atoms with van der Waals surface area (Å²) >= 11 is 0. The molecule has 0 radical (unpaired) electrons. The fraction of sp³-hybridized carbons (Fsp3) is 0.167. The van der Waals surface area contributed by atoms with E-state index in [1.54, 1.807) is 12.1 Å². The summed E-state index contributed by atoms with van der Waals surface area (Å²) in [7, 11) is -4.10. The summed E-state index contributed by atoms with van der Waals surface area (Å²) in [5, 5.41) is 2.59. The van der Waals surface area contributed by atoms with Crippen LogP contribution in [0.4, 0.5) is 8.78 Å². The molecule has 2 rings (SSSR count). The van der Waals surface area contributed by atoms with Crippen LogP contribution in [-0.4, -0.2) is 27.4 Å². The van der Waals surface area contributed by atoms with Crippen LogP contribution in [0.5, 0.6) is 0 Å². The Bertz CT molecular complexity index is 914. The maximum absolute atomic E-state index is 13.9. The molecule has 0 heterocycles. The summed E-state index contributed by atoms with van der Waals surface area (Å²) in [5.41, 5.74) is 0.714. The van der Waals surface area contributed by atoms with Crippen LogP contribution in [0.1, 0.15) is 15.9 Å². The number of hydrogen-bond donors (Lipinski definition) is 2. The van der Waals surface area contributed by atoms with Gasteiger partial charge in [-0.25, -0.2) is 21.9 Å². The molecule has 0 spiro atoms. The highest BCUT2D eigenvalue weighted by Gasteiger charge is 2.20. The van der Waals surface area contributed by atoms with Gasteiger partial charge in [-0.15, -0.1) is 6.58 Å². The van der Waals surface area contributed by atoms with Gasteiger partial charge in [0.15, 0.2) is 0 Å². The van der Waals surface area contributed by atoms with Crippen LogP contribution in [0.25, 0.3) is 0 Å². The van der Waals surface area contributed by atoms with E-state index in [2.05, 4.69) is 16.6 Å². The fourth-order valence-corrected chi connectivity index (χ4v) is 3.31. The minimum absolute atomic E-state index is 0.00428. The van der Waals surface area contributed by atoms with Crippen molar-refractivity contribution in [1.29, 1.82) is 0 Å². The molecule has 0 aliphatic rings. The van der Waals surface area contributed by atoms with E-state index in [1.807, 2.05) is 0 Å². The molecule has 0 bridgehead atoms. The van der Waals surface area contributed by atoms with Crippen molar-refractivity contribution < 1.29 is 22.0 Å². The van der Waals surface area contributed by atoms with Gasteiger partial charge in [-0.3, -0.25) is 4.79 Å². The molecule has 2 N–H and O–H groups in total. The fourth-order valence-electron chi connectivity index (χ4n) is 2.21. The monoisotopic (exact) mass is 380 g/mol. The molecule has 26 heavy (non-hydrogen) atoms. The minimum atomic E-state index is -4.10. The first-order valence-electron chi connectivity index (χ1n) is 7.76. The normalized spacial score (nSPS) is 11.2. The Labute approximate surface area is 150 Å². The third-order valence-electron chi connectivity index (χ3n) is 3.49. The summed E-state index contributed by atoms with van der Waals surface area (Å²) in [6.07, 6.45) is 1.72. The Balaban J connectivity index is 2.07. The van der Waals surface area contributed by atoms with Gasteiger partial charge in [0.2, 0.25) is 10.0 Å². The molecule has 0 saturated carbocycles. The highest BCUT2D eigenvalue weighted by atomic mass is 32.2. The molecule has 0 aliphatic heterocycles. The molecule has 0 fully saturated rings. The van der Waals surface area contributed by atoms with Crippen molar-refractivity contribution in [3.63, 3.8) is 0 Å². The molecule has 0 atom stereocenters.